The monoisotopic (exact) mass is 226 g/mol. The molecule has 0 bridgehead atoms. The SMILES string of the molecule is CNCCc1nc2cc(Cl)ccc2s1. The van der Waals surface area contributed by atoms with Gasteiger partial charge in [0.1, 0.15) is 0 Å². The van der Waals surface area contributed by atoms with E-state index in [0.717, 1.165) is 28.5 Å². The number of hydrogen-bond donors (Lipinski definition) is 1. The van der Waals surface area contributed by atoms with Gasteiger partial charge < -0.3 is 5.32 Å². The van der Waals surface area contributed by atoms with Gasteiger partial charge in [-0.15, -0.1) is 11.3 Å². The van der Waals surface area contributed by atoms with Crippen molar-refractivity contribution in [3.05, 3.63) is 28.2 Å². The molecule has 2 nitrogen and oxygen atoms in total. The molecule has 0 fully saturated rings. The smallest absolute Gasteiger partial charge is 0.0951 e. The average Bonchev–Trinajstić information content (AvgIpc) is 2.56. The number of fused-ring (bicyclic) bond motifs is 1. The second-order valence-electron chi connectivity index (χ2n) is 3.07. The highest BCUT2D eigenvalue weighted by Crippen LogP contribution is 2.24. The van der Waals surface area contributed by atoms with E-state index in [4.69, 9.17) is 11.6 Å². The van der Waals surface area contributed by atoms with Crippen molar-refractivity contribution in [2.45, 2.75) is 6.42 Å². The van der Waals surface area contributed by atoms with Gasteiger partial charge in [-0.25, -0.2) is 4.98 Å². The first-order valence-electron chi connectivity index (χ1n) is 4.49. The van der Waals surface area contributed by atoms with Gasteiger partial charge in [0.25, 0.3) is 0 Å². The summed E-state index contributed by atoms with van der Waals surface area (Å²) >= 11 is 7.62. The summed E-state index contributed by atoms with van der Waals surface area (Å²) in [6.45, 7) is 0.966. The van der Waals surface area contributed by atoms with E-state index in [-0.39, 0.29) is 0 Å². The largest absolute Gasteiger partial charge is 0.319 e. The van der Waals surface area contributed by atoms with Gasteiger partial charge in [0.2, 0.25) is 0 Å². The molecule has 0 amide bonds. The lowest BCUT2D eigenvalue weighted by Crippen LogP contribution is -2.09. The van der Waals surface area contributed by atoms with Crippen LogP contribution in [0.3, 0.4) is 0 Å². The van der Waals surface area contributed by atoms with Gasteiger partial charge in [-0.3, -0.25) is 0 Å². The molecule has 74 valence electrons. The third-order valence-electron chi connectivity index (χ3n) is 1.98. The average molecular weight is 227 g/mol. The van der Waals surface area contributed by atoms with E-state index >= 15 is 0 Å². The van der Waals surface area contributed by atoms with Crippen LogP contribution < -0.4 is 5.32 Å². The van der Waals surface area contributed by atoms with Gasteiger partial charge in [0.15, 0.2) is 0 Å². The van der Waals surface area contributed by atoms with Gasteiger partial charge in [0, 0.05) is 18.0 Å². The third kappa shape index (κ3) is 2.05. The summed E-state index contributed by atoms with van der Waals surface area (Å²) in [5.74, 6) is 0. The van der Waals surface area contributed by atoms with Crippen LogP contribution in [-0.4, -0.2) is 18.6 Å². The molecule has 4 heteroatoms. The van der Waals surface area contributed by atoms with Crippen LogP contribution >= 0.6 is 22.9 Å². The van der Waals surface area contributed by atoms with Crippen LogP contribution in [0.4, 0.5) is 0 Å². The molecule has 14 heavy (non-hydrogen) atoms. The third-order valence-corrected chi connectivity index (χ3v) is 3.31. The van der Waals surface area contributed by atoms with Crippen LogP contribution in [-0.2, 0) is 6.42 Å². The van der Waals surface area contributed by atoms with Gasteiger partial charge in [-0.2, -0.15) is 0 Å². The van der Waals surface area contributed by atoms with Crippen LogP contribution in [0.15, 0.2) is 18.2 Å². The molecule has 0 saturated heterocycles. The summed E-state index contributed by atoms with van der Waals surface area (Å²) in [6, 6.07) is 5.85. The molecular formula is C10H11ClN2S. The Morgan fingerprint density at radius 2 is 2.36 bits per heavy atom. The molecule has 0 unspecified atom stereocenters. The van der Waals surface area contributed by atoms with Crippen LogP contribution in [0.1, 0.15) is 5.01 Å². The number of nitrogens with zero attached hydrogens (tertiary/aromatic N) is 1. The first-order valence-corrected chi connectivity index (χ1v) is 5.68. The summed E-state index contributed by atoms with van der Waals surface area (Å²) < 4.78 is 1.21. The summed E-state index contributed by atoms with van der Waals surface area (Å²) in [4.78, 5) is 4.51. The molecular weight excluding hydrogens is 216 g/mol. The Morgan fingerprint density at radius 1 is 1.50 bits per heavy atom. The van der Waals surface area contributed by atoms with Crippen molar-refractivity contribution in [2.24, 2.45) is 0 Å². The van der Waals surface area contributed by atoms with E-state index in [0.29, 0.717) is 0 Å². The Labute approximate surface area is 91.9 Å². The number of aromatic nitrogens is 1. The summed E-state index contributed by atoms with van der Waals surface area (Å²) in [5, 5.41) is 5.03. The molecule has 0 atom stereocenters. The number of halogens is 1. The Bertz CT molecular complexity index is 439. The molecule has 0 spiro atoms. The van der Waals surface area contributed by atoms with Crippen molar-refractivity contribution in [3.8, 4) is 0 Å². The molecule has 0 aliphatic carbocycles. The molecule has 1 N–H and O–H groups in total. The second-order valence-corrected chi connectivity index (χ2v) is 4.62. The highest BCUT2D eigenvalue weighted by Gasteiger charge is 2.03. The molecule has 0 aliphatic rings. The van der Waals surface area contributed by atoms with Crippen LogP contribution in [0.2, 0.25) is 5.02 Å². The fourth-order valence-corrected chi connectivity index (χ4v) is 2.40. The minimum absolute atomic E-state index is 0.753. The molecule has 1 aromatic heterocycles. The lowest BCUT2D eigenvalue weighted by atomic mass is 10.3. The quantitative estimate of drug-likeness (QED) is 0.871. The molecule has 0 aliphatic heterocycles. The van der Waals surface area contributed by atoms with Crippen molar-refractivity contribution >= 4 is 33.2 Å². The maximum atomic E-state index is 5.88. The first kappa shape index (κ1) is 9.90. The minimum atomic E-state index is 0.753. The zero-order valence-electron chi connectivity index (χ0n) is 7.88. The first-order chi connectivity index (χ1) is 6.79. The molecule has 2 aromatic rings. The van der Waals surface area contributed by atoms with E-state index < -0.39 is 0 Å². The van der Waals surface area contributed by atoms with Crippen LogP contribution in [0.25, 0.3) is 10.2 Å². The van der Waals surface area contributed by atoms with Crippen molar-refractivity contribution in [2.75, 3.05) is 13.6 Å². The van der Waals surface area contributed by atoms with E-state index in [9.17, 15) is 0 Å². The highest BCUT2D eigenvalue weighted by atomic mass is 35.5. The summed E-state index contributed by atoms with van der Waals surface area (Å²) in [6.07, 6.45) is 0.980. The van der Waals surface area contributed by atoms with Gasteiger partial charge >= 0.3 is 0 Å². The number of benzene rings is 1. The van der Waals surface area contributed by atoms with E-state index in [2.05, 4.69) is 10.3 Å². The summed E-state index contributed by atoms with van der Waals surface area (Å²) in [7, 11) is 1.95. The maximum Gasteiger partial charge on any atom is 0.0951 e. The Morgan fingerprint density at radius 3 is 3.14 bits per heavy atom. The zero-order valence-corrected chi connectivity index (χ0v) is 9.45. The molecule has 1 heterocycles. The number of thiazole rings is 1. The predicted molar refractivity (Wildman–Crippen MR) is 62.3 cm³/mol. The topological polar surface area (TPSA) is 24.9 Å². The predicted octanol–water partition coefficient (Wildman–Crippen LogP) is 2.71. The minimum Gasteiger partial charge on any atom is -0.319 e. The Balaban J connectivity index is 2.32. The fourth-order valence-electron chi connectivity index (χ4n) is 1.29. The number of likely N-dealkylation sites (N-methyl/N-ethyl adjacent to an activating group) is 1. The van der Waals surface area contributed by atoms with Gasteiger partial charge in [-0.1, -0.05) is 11.6 Å². The second kappa shape index (κ2) is 4.26. The van der Waals surface area contributed by atoms with Crippen molar-refractivity contribution in [1.82, 2.24) is 10.3 Å². The van der Waals surface area contributed by atoms with Crippen molar-refractivity contribution < 1.29 is 0 Å². The van der Waals surface area contributed by atoms with Crippen LogP contribution in [0, 0.1) is 0 Å². The normalized spacial score (nSPS) is 11.0. The zero-order chi connectivity index (χ0) is 9.97. The molecule has 0 radical (unpaired) electrons. The highest BCUT2D eigenvalue weighted by molar-refractivity contribution is 7.18. The van der Waals surface area contributed by atoms with Crippen molar-refractivity contribution in [1.29, 1.82) is 0 Å². The van der Waals surface area contributed by atoms with E-state index in [1.807, 2.05) is 25.2 Å². The number of nitrogens with one attached hydrogen (secondary N) is 1. The lowest BCUT2D eigenvalue weighted by Gasteiger charge is -1.92. The van der Waals surface area contributed by atoms with Crippen LogP contribution in [0.5, 0.6) is 0 Å². The number of rotatable bonds is 3. The Hall–Kier alpha value is -0.640. The fraction of sp³-hybridized carbons (Fsp3) is 0.300. The number of hydrogen-bond acceptors (Lipinski definition) is 3. The van der Waals surface area contributed by atoms with Gasteiger partial charge in [-0.05, 0) is 25.2 Å². The molecule has 2 rings (SSSR count). The van der Waals surface area contributed by atoms with Crippen molar-refractivity contribution in [3.63, 3.8) is 0 Å². The molecule has 0 saturated carbocycles. The van der Waals surface area contributed by atoms with Gasteiger partial charge in [0.05, 0.1) is 15.2 Å². The molecule has 1 aromatic carbocycles. The van der Waals surface area contributed by atoms with E-state index in [1.165, 1.54) is 4.70 Å². The maximum absolute atomic E-state index is 5.88. The summed E-state index contributed by atoms with van der Waals surface area (Å²) in [5.41, 5.74) is 1.01. The Kier molecular flexibility index (Phi) is 3.01. The lowest BCUT2D eigenvalue weighted by molar-refractivity contribution is 0.789. The standard InChI is InChI=1S/C10H11ClN2S/c1-12-5-4-10-13-8-6-7(11)2-3-9(8)14-10/h2-3,6,12H,4-5H2,1H3. The van der Waals surface area contributed by atoms with E-state index in [1.54, 1.807) is 11.3 Å².